The van der Waals surface area contributed by atoms with E-state index in [0.29, 0.717) is 34.6 Å². The SMILES string of the molecule is COc1ccc(C2CCCN2C(=O)c2oc3ccccc3c2CS(C)(=O)=O)c(OC)c1. The molecular formula is C23H25NO6S. The van der Waals surface area contributed by atoms with Gasteiger partial charge in [0.25, 0.3) is 5.91 Å². The highest BCUT2D eigenvalue weighted by Crippen LogP contribution is 2.40. The third kappa shape index (κ3) is 4.12. The summed E-state index contributed by atoms with van der Waals surface area (Å²) in [7, 11) is -0.193. The lowest BCUT2D eigenvalue weighted by Crippen LogP contribution is -2.31. The molecule has 7 nitrogen and oxygen atoms in total. The average Bonchev–Trinajstić information content (AvgIpc) is 3.37. The Morgan fingerprint density at radius 1 is 1.16 bits per heavy atom. The van der Waals surface area contributed by atoms with Crippen LogP contribution in [0.1, 0.15) is 40.6 Å². The summed E-state index contributed by atoms with van der Waals surface area (Å²) in [5.74, 6) is 0.838. The molecule has 1 aliphatic rings. The molecule has 164 valence electrons. The number of ether oxygens (including phenoxy) is 2. The minimum Gasteiger partial charge on any atom is -0.497 e. The minimum atomic E-state index is -3.37. The van der Waals surface area contributed by atoms with Crippen LogP contribution in [0.25, 0.3) is 11.0 Å². The average molecular weight is 444 g/mol. The molecule has 4 rings (SSSR count). The van der Waals surface area contributed by atoms with Gasteiger partial charge in [-0.15, -0.1) is 0 Å². The van der Waals surface area contributed by atoms with Crippen molar-refractivity contribution in [2.75, 3.05) is 27.0 Å². The third-order valence-electron chi connectivity index (χ3n) is 5.61. The van der Waals surface area contributed by atoms with Crippen LogP contribution in [0.4, 0.5) is 0 Å². The fraction of sp³-hybridized carbons (Fsp3) is 0.348. The number of carbonyl (C=O) groups excluding carboxylic acids is 1. The van der Waals surface area contributed by atoms with Gasteiger partial charge in [-0.1, -0.05) is 18.2 Å². The molecule has 0 bridgehead atoms. The maximum absolute atomic E-state index is 13.6. The number of para-hydroxylation sites is 1. The van der Waals surface area contributed by atoms with Crippen molar-refractivity contribution in [3.63, 3.8) is 0 Å². The van der Waals surface area contributed by atoms with E-state index in [0.717, 1.165) is 24.7 Å². The van der Waals surface area contributed by atoms with Crippen molar-refractivity contribution >= 4 is 26.7 Å². The monoisotopic (exact) mass is 443 g/mol. The number of nitrogens with zero attached hydrogens (tertiary/aromatic N) is 1. The van der Waals surface area contributed by atoms with Gasteiger partial charge in [-0.05, 0) is 31.0 Å². The topological polar surface area (TPSA) is 86.0 Å². The zero-order valence-electron chi connectivity index (χ0n) is 17.8. The van der Waals surface area contributed by atoms with Gasteiger partial charge in [0, 0.05) is 35.4 Å². The van der Waals surface area contributed by atoms with E-state index in [2.05, 4.69) is 0 Å². The van der Waals surface area contributed by atoms with Gasteiger partial charge in [0.1, 0.15) is 17.1 Å². The summed E-state index contributed by atoms with van der Waals surface area (Å²) < 4.78 is 40.9. The van der Waals surface area contributed by atoms with Gasteiger partial charge in [-0.25, -0.2) is 8.42 Å². The van der Waals surface area contributed by atoms with Crippen molar-refractivity contribution in [1.29, 1.82) is 0 Å². The number of hydrogen-bond acceptors (Lipinski definition) is 6. The van der Waals surface area contributed by atoms with E-state index < -0.39 is 9.84 Å². The lowest BCUT2D eigenvalue weighted by molar-refractivity contribution is 0.0703. The Hall–Kier alpha value is -3.00. The first-order valence-corrected chi connectivity index (χ1v) is 12.1. The molecule has 1 atom stereocenters. The minimum absolute atomic E-state index is 0.0889. The second kappa shape index (κ2) is 8.26. The number of fused-ring (bicyclic) bond motifs is 1. The van der Waals surface area contributed by atoms with E-state index in [9.17, 15) is 13.2 Å². The first-order valence-electron chi connectivity index (χ1n) is 10.0. The van der Waals surface area contributed by atoms with Crippen LogP contribution in [0.2, 0.25) is 0 Å². The third-order valence-corrected chi connectivity index (χ3v) is 6.43. The summed E-state index contributed by atoms with van der Waals surface area (Å²) in [6.45, 7) is 0.550. The lowest BCUT2D eigenvalue weighted by atomic mass is 10.0. The van der Waals surface area contributed by atoms with Gasteiger partial charge in [0.05, 0.1) is 26.0 Å². The van der Waals surface area contributed by atoms with Crippen LogP contribution in [0, 0.1) is 0 Å². The number of benzene rings is 2. The summed E-state index contributed by atoms with van der Waals surface area (Å²) in [6, 6.07) is 12.5. The van der Waals surface area contributed by atoms with Crippen LogP contribution in [0.15, 0.2) is 46.9 Å². The predicted octanol–water partition coefficient (Wildman–Crippen LogP) is 3.97. The van der Waals surface area contributed by atoms with Crippen LogP contribution >= 0.6 is 0 Å². The molecule has 1 unspecified atom stereocenters. The molecule has 0 N–H and O–H groups in total. The van der Waals surface area contributed by atoms with Crippen molar-refractivity contribution in [3.8, 4) is 11.5 Å². The largest absolute Gasteiger partial charge is 0.497 e. The molecule has 1 aliphatic heterocycles. The number of rotatable bonds is 6. The van der Waals surface area contributed by atoms with Gasteiger partial charge < -0.3 is 18.8 Å². The van der Waals surface area contributed by atoms with Crippen molar-refractivity contribution < 1.29 is 27.1 Å². The molecule has 1 amide bonds. The number of furan rings is 1. The Kier molecular flexibility index (Phi) is 5.66. The molecule has 2 heterocycles. The number of sulfone groups is 1. The molecule has 1 aromatic heterocycles. The first kappa shape index (κ1) is 21.2. The summed E-state index contributed by atoms with van der Waals surface area (Å²) in [5.41, 5.74) is 1.80. The van der Waals surface area contributed by atoms with E-state index in [1.165, 1.54) is 0 Å². The maximum Gasteiger partial charge on any atom is 0.290 e. The predicted molar refractivity (Wildman–Crippen MR) is 117 cm³/mol. The Morgan fingerprint density at radius 2 is 1.94 bits per heavy atom. The molecule has 0 spiro atoms. The molecule has 0 aliphatic carbocycles. The summed E-state index contributed by atoms with van der Waals surface area (Å²) in [4.78, 5) is 15.3. The Balaban J connectivity index is 1.76. The lowest BCUT2D eigenvalue weighted by Gasteiger charge is -2.26. The zero-order valence-corrected chi connectivity index (χ0v) is 18.6. The van der Waals surface area contributed by atoms with Crippen LogP contribution < -0.4 is 9.47 Å². The number of amides is 1. The number of hydrogen-bond donors (Lipinski definition) is 0. The highest BCUT2D eigenvalue weighted by Gasteiger charge is 2.36. The summed E-state index contributed by atoms with van der Waals surface area (Å²) >= 11 is 0. The number of likely N-dealkylation sites (tertiary alicyclic amines) is 1. The van der Waals surface area contributed by atoms with E-state index >= 15 is 0 Å². The maximum atomic E-state index is 13.6. The highest BCUT2D eigenvalue weighted by atomic mass is 32.2. The van der Waals surface area contributed by atoms with Gasteiger partial charge in [0.2, 0.25) is 0 Å². The molecule has 2 aromatic carbocycles. The molecule has 1 saturated heterocycles. The van der Waals surface area contributed by atoms with Crippen molar-refractivity contribution in [3.05, 3.63) is 59.4 Å². The smallest absolute Gasteiger partial charge is 0.290 e. The molecule has 1 fully saturated rings. The fourth-order valence-electron chi connectivity index (χ4n) is 4.23. The normalized spacial score (nSPS) is 16.6. The molecule has 3 aromatic rings. The summed E-state index contributed by atoms with van der Waals surface area (Å²) in [6.07, 6.45) is 2.76. The van der Waals surface area contributed by atoms with Crippen molar-refractivity contribution in [2.45, 2.75) is 24.6 Å². The second-order valence-corrected chi connectivity index (χ2v) is 9.88. The van der Waals surface area contributed by atoms with Gasteiger partial charge in [-0.3, -0.25) is 4.79 Å². The van der Waals surface area contributed by atoms with Crippen molar-refractivity contribution in [2.24, 2.45) is 0 Å². The molecule has 8 heteroatoms. The van der Waals surface area contributed by atoms with Crippen LogP contribution in [0.3, 0.4) is 0 Å². The molecular weight excluding hydrogens is 418 g/mol. The fourth-order valence-corrected chi connectivity index (χ4v) is 5.05. The van der Waals surface area contributed by atoms with Gasteiger partial charge in [0.15, 0.2) is 15.6 Å². The highest BCUT2D eigenvalue weighted by molar-refractivity contribution is 7.89. The van der Waals surface area contributed by atoms with E-state index in [4.69, 9.17) is 13.9 Å². The molecule has 0 radical (unpaired) electrons. The number of carbonyl (C=O) groups is 1. The molecule has 0 saturated carbocycles. The zero-order chi connectivity index (χ0) is 22.2. The Bertz CT molecular complexity index is 1230. The van der Waals surface area contributed by atoms with Crippen LogP contribution in [-0.2, 0) is 15.6 Å². The number of methoxy groups -OCH3 is 2. The van der Waals surface area contributed by atoms with Crippen LogP contribution in [-0.4, -0.2) is 46.2 Å². The summed E-state index contributed by atoms with van der Waals surface area (Å²) in [5, 5.41) is 0.647. The quantitative estimate of drug-likeness (QED) is 0.573. The van der Waals surface area contributed by atoms with E-state index in [1.807, 2.05) is 12.1 Å². The standard InChI is InChI=1S/C23H25NO6S/c1-28-15-10-11-17(21(13-15)29-2)19-8-6-12-24(19)23(25)22-18(14-31(3,26)27)16-7-4-5-9-20(16)30-22/h4-5,7,9-11,13,19H,6,8,12,14H2,1-3H3. The Labute approximate surface area is 181 Å². The Morgan fingerprint density at radius 3 is 2.65 bits per heavy atom. The van der Waals surface area contributed by atoms with E-state index in [1.54, 1.807) is 49.5 Å². The van der Waals surface area contributed by atoms with Gasteiger partial charge >= 0.3 is 0 Å². The first-order chi connectivity index (χ1) is 14.8. The van der Waals surface area contributed by atoms with E-state index in [-0.39, 0.29) is 23.5 Å². The van der Waals surface area contributed by atoms with Gasteiger partial charge in [-0.2, -0.15) is 0 Å². The van der Waals surface area contributed by atoms with Crippen molar-refractivity contribution in [1.82, 2.24) is 4.90 Å². The second-order valence-electron chi connectivity index (χ2n) is 7.74. The molecule has 31 heavy (non-hydrogen) atoms. The van der Waals surface area contributed by atoms with Crippen LogP contribution in [0.5, 0.6) is 11.5 Å².